The zero-order valence-electron chi connectivity index (χ0n) is 10.3. The number of carbonyl (C=O) groups excluding carboxylic acids is 1. The molecular formula is C11H11F3N2O4. The van der Waals surface area contributed by atoms with Crippen LogP contribution in [0.5, 0.6) is 5.88 Å². The number of nitrogens with one attached hydrogen (secondary N) is 1. The quantitative estimate of drug-likeness (QED) is 0.852. The Bertz CT molecular complexity index is 505. The number of hydrogen-bond acceptors (Lipinski definition) is 4. The van der Waals surface area contributed by atoms with Crippen molar-refractivity contribution < 1.29 is 32.6 Å². The molecule has 1 amide bonds. The molecule has 0 saturated heterocycles. The Morgan fingerprint density at radius 2 is 2.15 bits per heavy atom. The van der Waals surface area contributed by atoms with E-state index in [1.165, 1.54) is 19.1 Å². The average molecular weight is 292 g/mol. The lowest BCUT2D eigenvalue weighted by Crippen LogP contribution is -2.38. The van der Waals surface area contributed by atoms with Crippen molar-refractivity contribution in [1.82, 2.24) is 10.3 Å². The van der Waals surface area contributed by atoms with Crippen molar-refractivity contribution in [2.75, 3.05) is 6.61 Å². The van der Waals surface area contributed by atoms with Gasteiger partial charge in [-0.1, -0.05) is 0 Å². The standard InChI is InChI=1S/C11H11F3N2O4/c1-6(10(18)19)16-8(17)7-3-2-4-15-9(7)20-5-11(12,13)14/h2-4,6H,5H2,1H3,(H,16,17)(H,18,19)/t6-/m1/s1. The van der Waals surface area contributed by atoms with E-state index in [9.17, 15) is 22.8 Å². The third kappa shape index (κ3) is 4.75. The molecule has 1 aromatic heterocycles. The zero-order valence-corrected chi connectivity index (χ0v) is 10.3. The van der Waals surface area contributed by atoms with Crippen molar-refractivity contribution in [3.63, 3.8) is 0 Å². The Balaban J connectivity index is 2.84. The lowest BCUT2D eigenvalue weighted by atomic mass is 10.2. The molecule has 1 atom stereocenters. The van der Waals surface area contributed by atoms with E-state index in [0.717, 1.165) is 6.20 Å². The van der Waals surface area contributed by atoms with E-state index < -0.39 is 36.6 Å². The van der Waals surface area contributed by atoms with E-state index in [2.05, 4.69) is 15.0 Å². The first-order valence-electron chi connectivity index (χ1n) is 5.39. The van der Waals surface area contributed by atoms with Crippen LogP contribution in [0, 0.1) is 0 Å². The summed E-state index contributed by atoms with van der Waals surface area (Å²) in [7, 11) is 0. The molecule has 0 saturated carbocycles. The van der Waals surface area contributed by atoms with Crippen LogP contribution in [0.15, 0.2) is 18.3 Å². The average Bonchev–Trinajstić information content (AvgIpc) is 2.35. The number of alkyl halides is 3. The molecule has 0 bridgehead atoms. The summed E-state index contributed by atoms with van der Waals surface area (Å²) < 4.78 is 40.6. The van der Waals surface area contributed by atoms with Gasteiger partial charge >= 0.3 is 12.1 Å². The Morgan fingerprint density at radius 3 is 2.70 bits per heavy atom. The normalized spacial score (nSPS) is 12.6. The number of ether oxygens (including phenoxy) is 1. The van der Waals surface area contributed by atoms with Gasteiger partial charge in [0.2, 0.25) is 5.88 Å². The van der Waals surface area contributed by atoms with Crippen LogP contribution in [0.2, 0.25) is 0 Å². The second kappa shape index (κ2) is 6.22. The summed E-state index contributed by atoms with van der Waals surface area (Å²) in [6, 6.07) is 1.31. The van der Waals surface area contributed by atoms with E-state index in [4.69, 9.17) is 5.11 Å². The molecule has 0 aliphatic carbocycles. The minimum Gasteiger partial charge on any atom is -0.480 e. The van der Waals surface area contributed by atoms with Crippen LogP contribution in [0.1, 0.15) is 17.3 Å². The lowest BCUT2D eigenvalue weighted by Gasteiger charge is -2.13. The molecule has 1 aromatic rings. The Kier molecular flexibility index (Phi) is 4.89. The number of carboxylic acids is 1. The fourth-order valence-corrected chi connectivity index (χ4v) is 1.16. The number of carboxylic acid groups (broad SMARTS) is 1. The Labute approximate surface area is 111 Å². The maximum atomic E-state index is 12.1. The Morgan fingerprint density at radius 1 is 1.50 bits per heavy atom. The molecule has 0 radical (unpaired) electrons. The summed E-state index contributed by atoms with van der Waals surface area (Å²) >= 11 is 0. The predicted molar refractivity (Wildman–Crippen MR) is 60.4 cm³/mol. The number of nitrogens with zero attached hydrogens (tertiary/aromatic N) is 1. The van der Waals surface area contributed by atoms with Crippen LogP contribution in [-0.2, 0) is 4.79 Å². The number of halogens is 3. The molecule has 9 heteroatoms. The van der Waals surface area contributed by atoms with Crippen molar-refractivity contribution in [2.24, 2.45) is 0 Å². The van der Waals surface area contributed by atoms with Gasteiger partial charge in [0.05, 0.1) is 0 Å². The molecule has 0 fully saturated rings. The number of carbonyl (C=O) groups is 2. The van der Waals surface area contributed by atoms with Gasteiger partial charge in [0.15, 0.2) is 6.61 Å². The van der Waals surface area contributed by atoms with Crippen molar-refractivity contribution >= 4 is 11.9 Å². The molecule has 6 nitrogen and oxygen atoms in total. The maximum absolute atomic E-state index is 12.1. The number of aromatic nitrogens is 1. The first-order valence-corrected chi connectivity index (χ1v) is 5.39. The molecule has 0 aliphatic heterocycles. The first kappa shape index (κ1) is 15.7. The highest BCUT2D eigenvalue weighted by atomic mass is 19.4. The third-order valence-electron chi connectivity index (χ3n) is 2.11. The van der Waals surface area contributed by atoms with Gasteiger partial charge in [0.25, 0.3) is 5.91 Å². The van der Waals surface area contributed by atoms with Crippen LogP contribution in [-0.4, -0.2) is 40.8 Å². The van der Waals surface area contributed by atoms with E-state index >= 15 is 0 Å². The van der Waals surface area contributed by atoms with Gasteiger partial charge in [0.1, 0.15) is 11.6 Å². The van der Waals surface area contributed by atoms with E-state index in [1.807, 2.05) is 0 Å². The summed E-state index contributed by atoms with van der Waals surface area (Å²) in [4.78, 5) is 25.9. The van der Waals surface area contributed by atoms with Crippen molar-refractivity contribution in [1.29, 1.82) is 0 Å². The molecular weight excluding hydrogens is 281 g/mol. The van der Waals surface area contributed by atoms with Gasteiger partial charge in [-0.05, 0) is 19.1 Å². The lowest BCUT2D eigenvalue weighted by molar-refractivity contribution is -0.154. The molecule has 1 heterocycles. The summed E-state index contributed by atoms with van der Waals surface area (Å²) in [5.74, 6) is -2.68. The number of pyridine rings is 1. The summed E-state index contributed by atoms with van der Waals surface area (Å²) in [5, 5.41) is 10.7. The summed E-state index contributed by atoms with van der Waals surface area (Å²) in [6.07, 6.45) is -3.41. The molecule has 0 spiro atoms. The van der Waals surface area contributed by atoms with Gasteiger partial charge in [-0.3, -0.25) is 9.59 Å². The second-order valence-corrected chi connectivity index (χ2v) is 3.79. The number of rotatable bonds is 5. The van der Waals surface area contributed by atoms with Gasteiger partial charge in [0, 0.05) is 6.20 Å². The summed E-state index contributed by atoms with van der Waals surface area (Å²) in [6.45, 7) is -0.383. The molecule has 110 valence electrons. The minimum absolute atomic E-state index is 0.273. The van der Waals surface area contributed by atoms with E-state index in [1.54, 1.807) is 0 Å². The fourth-order valence-electron chi connectivity index (χ4n) is 1.16. The van der Waals surface area contributed by atoms with Crippen LogP contribution >= 0.6 is 0 Å². The molecule has 1 rings (SSSR count). The van der Waals surface area contributed by atoms with Crippen LogP contribution in [0.3, 0.4) is 0 Å². The largest absolute Gasteiger partial charge is 0.480 e. The topological polar surface area (TPSA) is 88.5 Å². The van der Waals surface area contributed by atoms with Crippen LogP contribution < -0.4 is 10.1 Å². The SMILES string of the molecule is C[C@@H](NC(=O)c1cccnc1OCC(F)(F)F)C(=O)O. The summed E-state index contributed by atoms with van der Waals surface area (Å²) in [5.41, 5.74) is -0.273. The van der Waals surface area contributed by atoms with Gasteiger partial charge in [-0.25, -0.2) is 4.98 Å². The van der Waals surface area contributed by atoms with Gasteiger partial charge < -0.3 is 15.2 Å². The highest BCUT2D eigenvalue weighted by molar-refractivity contribution is 5.98. The smallest absolute Gasteiger partial charge is 0.422 e. The maximum Gasteiger partial charge on any atom is 0.422 e. The number of amides is 1. The fraction of sp³-hybridized carbons (Fsp3) is 0.364. The number of aliphatic carboxylic acids is 1. The minimum atomic E-state index is -4.57. The van der Waals surface area contributed by atoms with Crippen LogP contribution in [0.4, 0.5) is 13.2 Å². The monoisotopic (exact) mass is 292 g/mol. The highest BCUT2D eigenvalue weighted by Crippen LogP contribution is 2.19. The zero-order chi connectivity index (χ0) is 15.3. The van der Waals surface area contributed by atoms with E-state index in [0.29, 0.717) is 0 Å². The van der Waals surface area contributed by atoms with Crippen molar-refractivity contribution in [2.45, 2.75) is 19.1 Å². The first-order chi connectivity index (χ1) is 9.20. The van der Waals surface area contributed by atoms with Gasteiger partial charge in [-0.2, -0.15) is 13.2 Å². The predicted octanol–water partition coefficient (Wildman–Crippen LogP) is 1.23. The molecule has 0 aliphatic rings. The highest BCUT2D eigenvalue weighted by Gasteiger charge is 2.29. The van der Waals surface area contributed by atoms with Gasteiger partial charge in [-0.15, -0.1) is 0 Å². The molecule has 0 unspecified atom stereocenters. The molecule has 20 heavy (non-hydrogen) atoms. The number of hydrogen-bond donors (Lipinski definition) is 2. The molecule has 2 N–H and O–H groups in total. The van der Waals surface area contributed by atoms with Crippen molar-refractivity contribution in [3.05, 3.63) is 23.9 Å². The third-order valence-corrected chi connectivity index (χ3v) is 2.11. The Hall–Kier alpha value is -2.32. The van der Waals surface area contributed by atoms with Crippen LogP contribution in [0.25, 0.3) is 0 Å². The van der Waals surface area contributed by atoms with E-state index in [-0.39, 0.29) is 5.56 Å². The van der Waals surface area contributed by atoms with Crippen molar-refractivity contribution in [3.8, 4) is 5.88 Å². The molecule has 0 aromatic carbocycles. The second-order valence-electron chi connectivity index (χ2n) is 3.79.